The Labute approximate surface area is 140 Å². The number of carbonyl (C=O) groups is 1. The molecule has 3 rings (SSSR count). The van der Waals surface area contributed by atoms with Crippen LogP contribution in [0.5, 0.6) is 0 Å². The second-order valence-corrected chi connectivity index (χ2v) is 5.54. The minimum atomic E-state index is -0.587. The maximum absolute atomic E-state index is 13.8. The Bertz CT molecular complexity index is 939. The van der Waals surface area contributed by atoms with Gasteiger partial charge in [-0.1, -0.05) is 12.1 Å². The van der Waals surface area contributed by atoms with Gasteiger partial charge in [0, 0.05) is 17.7 Å². The van der Waals surface area contributed by atoms with Crippen molar-refractivity contribution < 1.29 is 13.6 Å². The van der Waals surface area contributed by atoms with Crippen LogP contribution in [-0.2, 0) is 4.79 Å². The fourth-order valence-electron chi connectivity index (χ4n) is 1.98. The summed E-state index contributed by atoms with van der Waals surface area (Å²) in [6, 6.07) is 11.2. The van der Waals surface area contributed by atoms with Crippen molar-refractivity contribution in [3.8, 4) is 17.4 Å². The third-order valence-electron chi connectivity index (χ3n) is 3.07. The number of aromatic nitrogens is 1. The average molecular weight is 339 g/mol. The highest BCUT2D eigenvalue weighted by atomic mass is 32.1. The first kappa shape index (κ1) is 15.6. The van der Waals surface area contributed by atoms with Crippen molar-refractivity contribution in [3.63, 3.8) is 0 Å². The van der Waals surface area contributed by atoms with Crippen molar-refractivity contribution in [2.24, 2.45) is 0 Å². The number of anilines is 1. The van der Waals surface area contributed by atoms with Crippen molar-refractivity contribution in [2.45, 2.75) is 0 Å². The van der Waals surface area contributed by atoms with E-state index in [0.717, 1.165) is 0 Å². The van der Waals surface area contributed by atoms with Gasteiger partial charge < -0.3 is 4.42 Å². The molecule has 0 saturated carbocycles. The van der Waals surface area contributed by atoms with E-state index in [2.05, 4.69) is 10.3 Å². The topological polar surface area (TPSA) is 78.9 Å². The predicted octanol–water partition coefficient (Wildman–Crippen LogP) is 4.09. The predicted molar refractivity (Wildman–Crippen MR) is 88.4 cm³/mol. The van der Waals surface area contributed by atoms with Crippen LogP contribution < -0.4 is 5.32 Å². The number of hydrogen-bond donors (Lipinski definition) is 1. The van der Waals surface area contributed by atoms with E-state index in [-0.39, 0.29) is 11.3 Å². The molecule has 0 unspecified atom stereocenters. The van der Waals surface area contributed by atoms with Gasteiger partial charge in [-0.15, -0.1) is 11.3 Å². The van der Waals surface area contributed by atoms with Crippen LogP contribution in [0.25, 0.3) is 17.4 Å². The van der Waals surface area contributed by atoms with Gasteiger partial charge in [0.1, 0.15) is 29.0 Å². The maximum Gasteiger partial charge on any atom is 0.268 e. The fourth-order valence-corrected chi connectivity index (χ4v) is 2.50. The molecule has 0 fully saturated rings. The third kappa shape index (κ3) is 3.39. The number of nitrogens with zero attached hydrogens (tertiary/aromatic N) is 2. The zero-order valence-electron chi connectivity index (χ0n) is 12.2. The van der Waals surface area contributed by atoms with Gasteiger partial charge in [-0.3, -0.25) is 10.1 Å². The lowest BCUT2D eigenvalue weighted by Gasteiger charge is -1.99. The first-order chi connectivity index (χ1) is 11.7. The molecule has 1 amide bonds. The summed E-state index contributed by atoms with van der Waals surface area (Å²) in [4.78, 5) is 16.0. The molecule has 0 radical (unpaired) electrons. The van der Waals surface area contributed by atoms with E-state index in [1.807, 2.05) is 6.07 Å². The van der Waals surface area contributed by atoms with Crippen LogP contribution in [0.4, 0.5) is 9.52 Å². The minimum absolute atomic E-state index is 0.139. The van der Waals surface area contributed by atoms with Gasteiger partial charge in [-0.25, -0.2) is 9.37 Å². The zero-order chi connectivity index (χ0) is 16.9. The Morgan fingerprint density at radius 1 is 1.33 bits per heavy atom. The molecule has 0 aliphatic heterocycles. The molecule has 7 heteroatoms. The number of furan rings is 1. The molecule has 118 valence electrons. The fraction of sp³-hybridized carbons (Fsp3) is 0. The van der Waals surface area contributed by atoms with Crippen LogP contribution in [0.3, 0.4) is 0 Å². The summed E-state index contributed by atoms with van der Waals surface area (Å²) < 4.78 is 19.3. The van der Waals surface area contributed by atoms with Gasteiger partial charge in [0.05, 0.1) is 5.56 Å². The summed E-state index contributed by atoms with van der Waals surface area (Å²) in [6.07, 6.45) is 2.84. The van der Waals surface area contributed by atoms with Gasteiger partial charge in [0.25, 0.3) is 5.91 Å². The van der Waals surface area contributed by atoms with Crippen molar-refractivity contribution in [2.75, 3.05) is 5.32 Å². The smallest absolute Gasteiger partial charge is 0.268 e. The maximum atomic E-state index is 13.8. The molecule has 0 atom stereocenters. The minimum Gasteiger partial charge on any atom is -0.457 e. The largest absolute Gasteiger partial charge is 0.457 e. The molecule has 1 N–H and O–H groups in total. The summed E-state index contributed by atoms with van der Waals surface area (Å²) >= 11 is 1.24. The van der Waals surface area contributed by atoms with Gasteiger partial charge in [0.15, 0.2) is 5.13 Å². The quantitative estimate of drug-likeness (QED) is 0.573. The van der Waals surface area contributed by atoms with E-state index in [1.54, 1.807) is 41.9 Å². The van der Waals surface area contributed by atoms with E-state index in [1.165, 1.54) is 23.5 Å². The number of halogens is 1. The molecule has 3 aromatic rings. The van der Waals surface area contributed by atoms with Gasteiger partial charge in [0.2, 0.25) is 0 Å². The molecule has 0 aliphatic rings. The Hall–Kier alpha value is -3.24. The lowest BCUT2D eigenvalue weighted by molar-refractivity contribution is -0.112. The first-order valence-electron chi connectivity index (χ1n) is 6.85. The number of carbonyl (C=O) groups excluding carboxylic acids is 1. The number of benzene rings is 1. The van der Waals surface area contributed by atoms with Gasteiger partial charge >= 0.3 is 0 Å². The standard InChI is InChI=1S/C17H10FN3O2S/c18-14-4-2-1-3-13(14)15-6-5-12(23-15)9-11(10-19)16(22)21-17-20-7-8-24-17/h1-9H,(H,20,21,22). The molecular weight excluding hydrogens is 329 g/mol. The average Bonchev–Trinajstić information content (AvgIpc) is 3.24. The first-order valence-corrected chi connectivity index (χ1v) is 7.72. The van der Waals surface area contributed by atoms with Gasteiger partial charge in [-0.2, -0.15) is 5.26 Å². The molecule has 0 aliphatic carbocycles. The number of thiazole rings is 1. The Morgan fingerprint density at radius 2 is 2.17 bits per heavy atom. The van der Waals surface area contributed by atoms with Crippen LogP contribution in [0.2, 0.25) is 0 Å². The number of rotatable bonds is 4. The summed E-state index contributed by atoms with van der Waals surface area (Å²) in [7, 11) is 0. The van der Waals surface area contributed by atoms with E-state index >= 15 is 0 Å². The van der Waals surface area contributed by atoms with E-state index < -0.39 is 11.7 Å². The summed E-state index contributed by atoms with van der Waals surface area (Å²) in [6.45, 7) is 0. The Morgan fingerprint density at radius 3 is 2.88 bits per heavy atom. The summed E-state index contributed by atoms with van der Waals surface area (Å²) in [5, 5.41) is 13.8. The van der Waals surface area contributed by atoms with E-state index in [0.29, 0.717) is 16.5 Å². The van der Waals surface area contributed by atoms with Crippen molar-refractivity contribution in [1.82, 2.24) is 4.98 Å². The van der Waals surface area contributed by atoms with E-state index in [4.69, 9.17) is 9.68 Å². The summed E-state index contributed by atoms with van der Waals surface area (Å²) in [5.41, 5.74) is 0.169. The van der Waals surface area contributed by atoms with Crippen molar-refractivity contribution in [3.05, 3.63) is 65.1 Å². The van der Waals surface area contributed by atoms with Crippen LogP contribution >= 0.6 is 11.3 Å². The third-order valence-corrected chi connectivity index (χ3v) is 3.76. The van der Waals surface area contributed by atoms with Crippen LogP contribution in [0, 0.1) is 17.1 Å². The number of nitriles is 1. The van der Waals surface area contributed by atoms with Crippen LogP contribution in [0.15, 0.2) is 58.0 Å². The Kier molecular flexibility index (Phi) is 4.50. The highest BCUT2D eigenvalue weighted by Crippen LogP contribution is 2.25. The van der Waals surface area contributed by atoms with E-state index in [9.17, 15) is 9.18 Å². The molecule has 5 nitrogen and oxygen atoms in total. The SMILES string of the molecule is N#CC(=Cc1ccc(-c2ccccc2F)o1)C(=O)Nc1nccs1. The van der Waals surface area contributed by atoms with Crippen LogP contribution in [-0.4, -0.2) is 10.9 Å². The lowest BCUT2D eigenvalue weighted by Crippen LogP contribution is -2.13. The number of nitrogens with one attached hydrogen (secondary N) is 1. The normalized spacial score (nSPS) is 11.1. The molecule has 2 aromatic heterocycles. The Balaban J connectivity index is 1.83. The highest BCUT2D eigenvalue weighted by molar-refractivity contribution is 7.13. The van der Waals surface area contributed by atoms with Crippen molar-refractivity contribution in [1.29, 1.82) is 5.26 Å². The second kappa shape index (κ2) is 6.89. The number of amides is 1. The summed E-state index contributed by atoms with van der Waals surface area (Å²) in [5.74, 6) is -0.406. The lowest BCUT2D eigenvalue weighted by atomic mass is 10.1. The molecule has 24 heavy (non-hydrogen) atoms. The molecule has 0 spiro atoms. The molecular formula is C17H10FN3O2S. The van der Waals surface area contributed by atoms with Gasteiger partial charge in [-0.05, 0) is 24.3 Å². The molecule has 0 saturated heterocycles. The molecule has 0 bridgehead atoms. The molecule has 2 heterocycles. The number of hydrogen-bond acceptors (Lipinski definition) is 5. The van der Waals surface area contributed by atoms with Crippen LogP contribution in [0.1, 0.15) is 5.76 Å². The zero-order valence-corrected chi connectivity index (χ0v) is 13.0. The molecule has 1 aromatic carbocycles. The second-order valence-electron chi connectivity index (χ2n) is 4.64. The van der Waals surface area contributed by atoms with Crippen molar-refractivity contribution >= 4 is 28.5 Å². The highest BCUT2D eigenvalue weighted by Gasteiger charge is 2.13. The monoisotopic (exact) mass is 339 g/mol.